The Morgan fingerprint density at radius 2 is 1.97 bits per heavy atom. The third kappa shape index (κ3) is 4.77. The summed E-state index contributed by atoms with van der Waals surface area (Å²) in [4.78, 5) is 7.83. The van der Waals surface area contributed by atoms with Crippen molar-refractivity contribution in [2.24, 2.45) is 0 Å². The SMILES string of the molecule is COc1cc(NS(=O)(=O)c2ccc(NC=C(C#N)c3nn[nH]n3)cc2)nc(OC)n1. The van der Waals surface area contributed by atoms with Gasteiger partial charge in [-0.15, -0.1) is 10.2 Å². The Bertz CT molecular complexity index is 1160. The molecular weight excluding hydrogens is 414 g/mol. The molecule has 0 fully saturated rings. The Morgan fingerprint density at radius 1 is 1.20 bits per heavy atom. The Hall–Kier alpha value is -4.25. The van der Waals surface area contributed by atoms with Crippen molar-refractivity contribution in [1.82, 2.24) is 30.6 Å². The van der Waals surface area contributed by atoms with Gasteiger partial charge in [-0.3, -0.25) is 4.72 Å². The summed E-state index contributed by atoms with van der Waals surface area (Å²) in [5, 5.41) is 25.1. The van der Waals surface area contributed by atoms with Crippen molar-refractivity contribution in [3.05, 3.63) is 42.4 Å². The van der Waals surface area contributed by atoms with Crippen LogP contribution in [0.1, 0.15) is 5.82 Å². The number of hydrogen-bond acceptors (Lipinski definition) is 11. The van der Waals surface area contributed by atoms with Gasteiger partial charge in [-0.1, -0.05) is 0 Å². The van der Waals surface area contributed by atoms with E-state index in [1.54, 1.807) is 0 Å². The summed E-state index contributed by atoms with van der Waals surface area (Å²) in [6.45, 7) is 0. The fourth-order valence-corrected chi connectivity index (χ4v) is 3.15. The Morgan fingerprint density at radius 3 is 2.57 bits per heavy atom. The number of ether oxygens (including phenoxy) is 2. The van der Waals surface area contributed by atoms with E-state index in [2.05, 4.69) is 40.6 Å². The number of tetrazole rings is 1. The van der Waals surface area contributed by atoms with E-state index in [0.29, 0.717) is 5.69 Å². The molecule has 0 saturated heterocycles. The maximum Gasteiger partial charge on any atom is 0.321 e. The number of sulfonamides is 1. The molecule has 0 aliphatic rings. The highest BCUT2D eigenvalue weighted by atomic mass is 32.2. The standard InChI is InChI=1S/C16H15N9O4S/c1-28-14-7-13(19-16(20-14)29-2)23-30(26,27)12-5-3-11(4-6-12)18-9-10(8-17)15-21-24-25-22-15/h3-7,9,18H,1-2H3,(H,19,20,23)(H,21,22,24,25). The van der Waals surface area contributed by atoms with Gasteiger partial charge >= 0.3 is 6.01 Å². The number of aromatic nitrogens is 6. The first-order chi connectivity index (χ1) is 14.4. The summed E-state index contributed by atoms with van der Waals surface area (Å²) in [5.41, 5.74) is 0.685. The molecule has 0 aliphatic carbocycles. The first-order valence-corrected chi connectivity index (χ1v) is 9.64. The molecule has 0 atom stereocenters. The molecule has 2 aromatic heterocycles. The lowest BCUT2D eigenvalue weighted by atomic mass is 10.3. The Kier molecular flexibility index (Phi) is 6.03. The smallest absolute Gasteiger partial charge is 0.321 e. The molecule has 13 nitrogen and oxygen atoms in total. The second-order valence-electron chi connectivity index (χ2n) is 5.46. The number of rotatable bonds is 8. The van der Waals surface area contributed by atoms with Crippen LogP contribution in [0, 0.1) is 11.3 Å². The average molecular weight is 429 g/mol. The molecule has 0 spiro atoms. The molecular formula is C16H15N9O4S. The van der Waals surface area contributed by atoms with Crippen molar-refractivity contribution >= 4 is 27.1 Å². The van der Waals surface area contributed by atoms with E-state index in [1.165, 1.54) is 50.8 Å². The highest BCUT2D eigenvalue weighted by Crippen LogP contribution is 2.21. The monoisotopic (exact) mass is 429 g/mol. The van der Waals surface area contributed by atoms with Gasteiger partial charge in [0.2, 0.25) is 11.7 Å². The number of nitrogens with zero attached hydrogens (tertiary/aromatic N) is 6. The maximum atomic E-state index is 12.6. The number of nitriles is 1. The lowest BCUT2D eigenvalue weighted by Gasteiger charge is -2.10. The summed E-state index contributed by atoms with van der Waals surface area (Å²) in [6, 6.07) is 9.02. The number of aromatic amines is 1. The van der Waals surface area contributed by atoms with Crippen molar-refractivity contribution in [3.63, 3.8) is 0 Å². The van der Waals surface area contributed by atoms with Gasteiger partial charge in [0.25, 0.3) is 10.0 Å². The van der Waals surface area contributed by atoms with Crippen LogP contribution in [0.15, 0.2) is 41.4 Å². The highest BCUT2D eigenvalue weighted by molar-refractivity contribution is 7.92. The minimum Gasteiger partial charge on any atom is -0.481 e. The number of H-pyrrole nitrogens is 1. The molecule has 1 aromatic carbocycles. The maximum absolute atomic E-state index is 12.6. The second kappa shape index (κ2) is 8.84. The van der Waals surface area contributed by atoms with E-state index in [0.717, 1.165) is 0 Å². The minimum atomic E-state index is -3.93. The molecule has 3 rings (SSSR count). The van der Waals surface area contributed by atoms with Crippen LogP contribution in [0.25, 0.3) is 5.57 Å². The molecule has 0 bridgehead atoms. The van der Waals surface area contributed by atoms with Gasteiger partial charge in [-0.05, 0) is 29.5 Å². The molecule has 0 radical (unpaired) electrons. The summed E-state index contributed by atoms with van der Waals surface area (Å²) in [6.07, 6.45) is 1.38. The second-order valence-corrected chi connectivity index (χ2v) is 7.14. The van der Waals surface area contributed by atoms with E-state index in [-0.39, 0.29) is 34.0 Å². The van der Waals surface area contributed by atoms with Crippen molar-refractivity contribution in [3.8, 4) is 18.0 Å². The van der Waals surface area contributed by atoms with E-state index in [1.807, 2.05) is 6.07 Å². The molecule has 14 heteroatoms. The van der Waals surface area contributed by atoms with Crippen molar-refractivity contribution in [2.45, 2.75) is 4.90 Å². The average Bonchev–Trinajstić information content (AvgIpc) is 3.28. The number of nitrogens with one attached hydrogen (secondary N) is 3. The number of methoxy groups -OCH3 is 2. The van der Waals surface area contributed by atoms with Gasteiger partial charge in [0.1, 0.15) is 11.6 Å². The zero-order chi connectivity index (χ0) is 21.6. The molecule has 2 heterocycles. The first kappa shape index (κ1) is 20.5. The van der Waals surface area contributed by atoms with E-state index < -0.39 is 10.0 Å². The summed E-state index contributed by atoms with van der Waals surface area (Å²) in [5.74, 6) is 0.257. The number of anilines is 2. The van der Waals surface area contributed by atoms with Crippen molar-refractivity contribution in [2.75, 3.05) is 24.3 Å². The summed E-state index contributed by atoms with van der Waals surface area (Å²) < 4.78 is 37.5. The number of hydrogen-bond donors (Lipinski definition) is 3. The molecule has 0 amide bonds. The third-order valence-electron chi connectivity index (χ3n) is 3.57. The van der Waals surface area contributed by atoms with Crippen LogP contribution in [-0.4, -0.2) is 53.2 Å². The van der Waals surface area contributed by atoms with Gasteiger partial charge in [0.15, 0.2) is 5.82 Å². The van der Waals surface area contributed by atoms with Crippen LogP contribution in [0.4, 0.5) is 11.5 Å². The topological polar surface area (TPSA) is 181 Å². The minimum absolute atomic E-state index is 0.00718. The number of benzene rings is 1. The van der Waals surface area contributed by atoms with Gasteiger partial charge in [0, 0.05) is 18.0 Å². The van der Waals surface area contributed by atoms with Gasteiger partial charge in [-0.25, -0.2) is 8.42 Å². The lowest BCUT2D eigenvalue weighted by Crippen LogP contribution is -2.14. The molecule has 3 aromatic rings. The zero-order valence-corrected chi connectivity index (χ0v) is 16.5. The molecule has 0 aliphatic heterocycles. The van der Waals surface area contributed by atoms with Crippen molar-refractivity contribution < 1.29 is 17.9 Å². The Labute approximate surface area is 170 Å². The van der Waals surface area contributed by atoms with Gasteiger partial charge < -0.3 is 14.8 Å². The van der Waals surface area contributed by atoms with E-state index in [4.69, 9.17) is 14.7 Å². The molecule has 0 unspecified atom stereocenters. The number of allylic oxidation sites excluding steroid dienone is 1. The van der Waals surface area contributed by atoms with Crippen LogP contribution in [0.5, 0.6) is 11.9 Å². The largest absolute Gasteiger partial charge is 0.481 e. The third-order valence-corrected chi connectivity index (χ3v) is 4.94. The van der Waals surface area contributed by atoms with Crippen LogP contribution in [-0.2, 0) is 10.0 Å². The van der Waals surface area contributed by atoms with Gasteiger partial charge in [0.05, 0.1) is 19.1 Å². The van der Waals surface area contributed by atoms with Gasteiger partial charge in [-0.2, -0.15) is 20.4 Å². The normalized spacial score (nSPS) is 11.4. The van der Waals surface area contributed by atoms with Crippen LogP contribution < -0.4 is 19.5 Å². The molecule has 3 N–H and O–H groups in total. The Balaban J connectivity index is 1.76. The fraction of sp³-hybridized carbons (Fsp3) is 0.125. The molecule has 154 valence electrons. The van der Waals surface area contributed by atoms with Crippen molar-refractivity contribution in [1.29, 1.82) is 5.26 Å². The molecule has 0 saturated carbocycles. The lowest BCUT2D eigenvalue weighted by molar-refractivity contribution is 0.353. The molecule has 30 heavy (non-hydrogen) atoms. The quantitative estimate of drug-likeness (QED) is 0.430. The fourth-order valence-electron chi connectivity index (χ4n) is 2.16. The summed E-state index contributed by atoms with van der Waals surface area (Å²) in [7, 11) is -1.19. The summed E-state index contributed by atoms with van der Waals surface area (Å²) >= 11 is 0. The van der Waals surface area contributed by atoms with Crippen LogP contribution >= 0.6 is 0 Å². The predicted octanol–water partition coefficient (Wildman–Crippen LogP) is 0.784. The predicted molar refractivity (Wildman–Crippen MR) is 104 cm³/mol. The highest BCUT2D eigenvalue weighted by Gasteiger charge is 2.17. The van der Waals surface area contributed by atoms with E-state index in [9.17, 15) is 8.42 Å². The van der Waals surface area contributed by atoms with E-state index >= 15 is 0 Å². The first-order valence-electron chi connectivity index (χ1n) is 8.15. The van der Waals surface area contributed by atoms with Crippen LogP contribution in [0.2, 0.25) is 0 Å². The van der Waals surface area contributed by atoms with Crippen LogP contribution in [0.3, 0.4) is 0 Å². The zero-order valence-electron chi connectivity index (χ0n) is 15.7.